The molecule has 2 nitrogen and oxygen atoms in total. The molecule has 8 aromatic rings. The van der Waals surface area contributed by atoms with Crippen LogP contribution in [0, 0.1) is 5.92 Å². The average Bonchev–Trinajstić information content (AvgIpc) is 3.48. The van der Waals surface area contributed by atoms with Gasteiger partial charge in [-0.15, -0.1) is 0 Å². The van der Waals surface area contributed by atoms with E-state index in [-0.39, 0.29) is 11.4 Å². The highest BCUT2D eigenvalue weighted by molar-refractivity contribution is 6.52. The van der Waals surface area contributed by atoms with Crippen LogP contribution in [0.4, 0.5) is 0 Å². The molecule has 2 unspecified atom stereocenters. The third kappa shape index (κ3) is 3.46. The van der Waals surface area contributed by atoms with Gasteiger partial charge < -0.3 is 4.74 Å². The van der Waals surface area contributed by atoms with Gasteiger partial charge in [-0.05, 0) is 206 Å². The summed E-state index contributed by atoms with van der Waals surface area (Å²) in [6.07, 6.45) is 22.1. The van der Waals surface area contributed by atoms with E-state index in [1.807, 2.05) is 0 Å². The first-order valence-corrected chi connectivity index (χ1v) is 21.8. The first-order chi connectivity index (χ1) is 28.0. The fourth-order valence-corrected chi connectivity index (χ4v) is 14.1. The third-order valence-corrected chi connectivity index (χ3v) is 16.0. The zero-order chi connectivity index (χ0) is 37.2. The number of fused-ring (bicyclic) bond motifs is 3. The van der Waals surface area contributed by atoms with Gasteiger partial charge in [0.2, 0.25) is 0 Å². The van der Waals surface area contributed by atoms with Gasteiger partial charge in [0.1, 0.15) is 0 Å². The standard InChI is InChI=1S/C55H42O2/c1-26(2)25-57-39(56)13-8-16-55(34-11-4-3-5-12-34)24-38(55)36-23-33-22-31-21-32-20-30-19-29-17-27-9-6-7-10-28-14-15-35-46-37(18-27)40(29)42(30)49-45(32)50-43(31)44(33)51-48(36)41(28)47(35)53(51)54(50)52(46)49/h3-7,9,11-12,14,17,21,23,26,38H,8,10,13,15-16,18-20,22,24-25H2,1-2H3/b7-6-,27-9-. The van der Waals surface area contributed by atoms with Crippen molar-refractivity contribution in [1.29, 1.82) is 0 Å². The maximum atomic E-state index is 12.9. The predicted molar refractivity (Wildman–Crippen MR) is 235 cm³/mol. The largest absolute Gasteiger partial charge is 0.465 e. The molecule has 2 heteroatoms. The number of ether oxygens (including phenoxy) is 1. The number of hydrogen-bond donors (Lipinski definition) is 0. The molecule has 0 aromatic heterocycles. The fraction of sp³-hybridized carbons (Fsp3) is 0.291. The van der Waals surface area contributed by atoms with Crippen molar-refractivity contribution < 1.29 is 9.53 Å². The molecular weight excluding hydrogens is 693 g/mol. The van der Waals surface area contributed by atoms with E-state index in [4.69, 9.17) is 4.74 Å². The number of benzene rings is 6. The minimum Gasteiger partial charge on any atom is -0.465 e. The van der Waals surface area contributed by atoms with Gasteiger partial charge >= 0.3 is 5.97 Å². The van der Waals surface area contributed by atoms with E-state index in [1.54, 1.807) is 126 Å². The molecule has 2 atom stereocenters. The Balaban J connectivity index is 1.06. The molecule has 0 heterocycles. The SMILES string of the molecule is CC(C)COC(=O)CCCC1(c2ccccc2)CC1c1cc2c3c4c(cc5c6c7c8c9c%10c%11c%12c%13c(c1c3c%13c(c46)c%117)C(=CC%12)C/C=C\C=C(\C=C9CC=8C5)C%10)C2. The molecule has 6 bridgehead atoms. The van der Waals surface area contributed by atoms with Crippen molar-refractivity contribution >= 4 is 87.3 Å². The van der Waals surface area contributed by atoms with E-state index in [9.17, 15) is 4.79 Å². The quantitative estimate of drug-likeness (QED) is 0.115. The molecule has 0 spiro atoms. The Morgan fingerprint density at radius 2 is 1.53 bits per heavy atom. The van der Waals surface area contributed by atoms with Crippen molar-refractivity contribution in [2.45, 2.75) is 89.4 Å². The van der Waals surface area contributed by atoms with Crippen LogP contribution in [0.5, 0.6) is 0 Å². The zero-order valence-electron chi connectivity index (χ0n) is 32.7. The van der Waals surface area contributed by atoms with E-state index in [2.05, 4.69) is 86.7 Å². The molecule has 57 heavy (non-hydrogen) atoms. The van der Waals surface area contributed by atoms with Crippen LogP contribution in [0.25, 0.3) is 81.4 Å². The van der Waals surface area contributed by atoms with Gasteiger partial charge in [-0.1, -0.05) is 92.3 Å². The van der Waals surface area contributed by atoms with Crippen molar-refractivity contribution in [3.05, 3.63) is 134 Å². The predicted octanol–water partition coefficient (Wildman–Crippen LogP) is 12.2. The molecule has 0 N–H and O–H groups in total. The summed E-state index contributed by atoms with van der Waals surface area (Å²) < 4.78 is 5.67. The van der Waals surface area contributed by atoms with Crippen molar-refractivity contribution in [3.8, 4) is 0 Å². The molecule has 8 aliphatic rings. The summed E-state index contributed by atoms with van der Waals surface area (Å²) in [5, 5.41) is 20.8. The second-order valence-corrected chi connectivity index (χ2v) is 19.4. The Kier molecular flexibility index (Phi) is 5.36. The third-order valence-electron chi connectivity index (χ3n) is 16.0. The van der Waals surface area contributed by atoms with Crippen LogP contribution in [0.3, 0.4) is 0 Å². The molecule has 0 aliphatic heterocycles. The summed E-state index contributed by atoms with van der Waals surface area (Å²) in [6, 6.07) is 16.7. The Morgan fingerprint density at radius 1 is 0.754 bits per heavy atom. The van der Waals surface area contributed by atoms with Crippen molar-refractivity contribution in [2.24, 2.45) is 5.92 Å². The van der Waals surface area contributed by atoms with Gasteiger partial charge in [0.25, 0.3) is 0 Å². The molecule has 0 amide bonds. The van der Waals surface area contributed by atoms with Crippen LogP contribution >= 0.6 is 0 Å². The van der Waals surface area contributed by atoms with Crippen LogP contribution in [0.2, 0.25) is 0 Å². The van der Waals surface area contributed by atoms with Gasteiger partial charge in [-0.2, -0.15) is 0 Å². The van der Waals surface area contributed by atoms with E-state index >= 15 is 0 Å². The minimum absolute atomic E-state index is 0.0107. The number of esters is 1. The molecule has 1 fully saturated rings. The lowest BCUT2D eigenvalue weighted by molar-refractivity contribution is -0.144. The average molecular weight is 735 g/mol. The summed E-state index contributed by atoms with van der Waals surface area (Å²) >= 11 is 0. The number of hydrogen-bond acceptors (Lipinski definition) is 2. The number of carbonyl (C=O) groups excluding carboxylic acids is 1. The smallest absolute Gasteiger partial charge is 0.305 e. The van der Waals surface area contributed by atoms with Crippen molar-refractivity contribution in [2.75, 3.05) is 6.61 Å². The second kappa shape index (κ2) is 9.97. The maximum Gasteiger partial charge on any atom is 0.305 e. The van der Waals surface area contributed by atoms with Gasteiger partial charge in [0.15, 0.2) is 0 Å². The van der Waals surface area contributed by atoms with Gasteiger partial charge in [0, 0.05) is 11.8 Å². The Hall–Kier alpha value is -5.47. The van der Waals surface area contributed by atoms with Crippen LogP contribution in [-0.2, 0) is 40.6 Å². The Morgan fingerprint density at radius 3 is 2.40 bits per heavy atom. The van der Waals surface area contributed by atoms with E-state index < -0.39 is 0 Å². The number of rotatable bonds is 8. The summed E-state index contributed by atoms with van der Waals surface area (Å²) in [5.74, 6) is 0.705. The molecule has 16 rings (SSSR count). The second-order valence-electron chi connectivity index (χ2n) is 19.4. The first kappa shape index (κ1) is 30.6. The lowest BCUT2D eigenvalue weighted by Gasteiger charge is -2.25. The molecule has 1 saturated carbocycles. The van der Waals surface area contributed by atoms with E-state index in [0.29, 0.717) is 24.9 Å². The van der Waals surface area contributed by atoms with Crippen LogP contribution < -0.4 is 5.22 Å². The fourth-order valence-electron chi connectivity index (χ4n) is 14.1. The highest BCUT2D eigenvalue weighted by Gasteiger charge is 2.56. The van der Waals surface area contributed by atoms with Gasteiger partial charge in [0.05, 0.1) is 6.61 Å². The van der Waals surface area contributed by atoms with Gasteiger partial charge in [-0.3, -0.25) is 4.79 Å². The minimum atomic E-state index is -0.0503. The number of carbonyl (C=O) groups is 1. The van der Waals surface area contributed by atoms with Crippen molar-refractivity contribution in [1.82, 2.24) is 0 Å². The molecule has 0 saturated heterocycles. The van der Waals surface area contributed by atoms with E-state index in [1.165, 1.54) is 16.7 Å². The van der Waals surface area contributed by atoms with Crippen molar-refractivity contribution in [3.63, 3.8) is 0 Å². The first-order valence-electron chi connectivity index (χ1n) is 21.8. The monoisotopic (exact) mass is 734 g/mol. The van der Waals surface area contributed by atoms with Crippen LogP contribution in [0.1, 0.15) is 108 Å². The molecule has 0 radical (unpaired) electrons. The lowest BCUT2D eigenvalue weighted by atomic mass is 9.78. The molecule has 8 aromatic carbocycles. The highest BCUT2D eigenvalue weighted by Crippen LogP contribution is 2.68. The maximum absolute atomic E-state index is 12.9. The molecular formula is C55H42O2. The van der Waals surface area contributed by atoms with Crippen LogP contribution in [0.15, 0.2) is 78.4 Å². The molecule has 8 aliphatic carbocycles. The molecule has 274 valence electrons. The summed E-state index contributed by atoms with van der Waals surface area (Å²) in [4.78, 5) is 12.9. The summed E-state index contributed by atoms with van der Waals surface area (Å²) in [6.45, 7) is 4.72. The van der Waals surface area contributed by atoms with Crippen LogP contribution in [-0.4, -0.2) is 12.6 Å². The normalized spacial score (nSPS) is 23.5. The van der Waals surface area contributed by atoms with Gasteiger partial charge in [-0.25, -0.2) is 0 Å². The van der Waals surface area contributed by atoms with E-state index in [0.717, 1.165) is 57.8 Å². The zero-order valence-corrected chi connectivity index (χ0v) is 32.7. The highest BCUT2D eigenvalue weighted by atomic mass is 16.5. The summed E-state index contributed by atoms with van der Waals surface area (Å²) in [7, 11) is 0. The Bertz CT molecular complexity index is 3440. The Labute approximate surface area is 331 Å². The topological polar surface area (TPSA) is 26.3 Å². The number of allylic oxidation sites excluding steroid dienone is 8. The lowest BCUT2D eigenvalue weighted by Crippen LogP contribution is -2.17. The summed E-state index contributed by atoms with van der Waals surface area (Å²) in [5.41, 5.74) is 20.3.